The molecule has 29 heavy (non-hydrogen) atoms. The molecule has 2 aromatic carbocycles. The van der Waals surface area contributed by atoms with Crippen molar-refractivity contribution in [1.82, 2.24) is 14.8 Å². The van der Waals surface area contributed by atoms with Crippen LogP contribution in [-0.4, -0.2) is 33.1 Å². The number of ketones is 1. The van der Waals surface area contributed by atoms with Crippen LogP contribution in [0.25, 0.3) is 21.7 Å². The summed E-state index contributed by atoms with van der Waals surface area (Å²) in [4.78, 5) is 40.8. The molecule has 2 heterocycles. The lowest BCUT2D eigenvalue weighted by Crippen LogP contribution is -2.27. The van der Waals surface area contributed by atoms with Crippen LogP contribution in [0.3, 0.4) is 0 Å². The highest BCUT2D eigenvalue weighted by Crippen LogP contribution is 2.19. The van der Waals surface area contributed by atoms with Gasteiger partial charge in [0.1, 0.15) is 0 Å². The lowest BCUT2D eigenvalue weighted by Gasteiger charge is -2.10. The van der Waals surface area contributed by atoms with Crippen molar-refractivity contribution in [2.75, 3.05) is 6.61 Å². The van der Waals surface area contributed by atoms with Gasteiger partial charge in [0.15, 0.2) is 12.3 Å². The highest BCUT2D eigenvalue weighted by Gasteiger charge is 2.20. The van der Waals surface area contributed by atoms with Gasteiger partial charge in [-0.3, -0.25) is 9.59 Å². The largest absolute Gasteiger partial charge is 0.452 e. The van der Waals surface area contributed by atoms with Gasteiger partial charge in [-0.25, -0.2) is 9.48 Å². The first-order chi connectivity index (χ1) is 14.1. The number of carbonyl (C=O) groups is 2. The lowest BCUT2D eigenvalue weighted by molar-refractivity contribution is 0.0469. The Kier molecular flexibility index (Phi) is 4.95. The number of fused-ring (bicyclic) bond motifs is 2. The van der Waals surface area contributed by atoms with Crippen LogP contribution in [0.1, 0.15) is 34.2 Å². The molecule has 0 atom stereocenters. The maximum atomic E-state index is 12.7. The normalized spacial score (nSPS) is 11.1. The van der Waals surface area contributed by atoms with E-state index in [0.29, 0.717) is 29.3 Å². The number of H-pyrrole nitrogens is 1. The maximum Gasteiger partial charge on any atom is 0.359 e. The van der Waals surface area contributed by atoms with Gasteiger partial charge in [-0.2, -0.15) is 5.10 Å². The molecule has 0 aliphatic heterocycles. The number of Topliss-reactive ketones (excluding diaryl/α,β-unsaturated/α-hetero) is 1. The Morgan fingerprint density at radius 3 is 2.48 bits per heavy atom. The summed E-state index contributed by atoms with van der Waals surface area (Å²) < 4.78 is 6.53. The highest BCUT2D eigenvalue weighted by atomic mass is 16.5. The van der Waals surface area contributed by atoms with Crippen LogP contribution in [0.15, 0.2) is 59.5 Å². The number of esters is 1. The molecule has 7 heteroatoms. The molecule has 4 aromatic rings. The van der Waals surface area contributed by atoms with Crippen molar-refractivity contribution in [3.8, 4) is 0 Å². The summed E-state index contributed by atoms with van der Waals surface area (Å²) >= 11 is 0. The van der Waals surface area contributed by atoms with Crippen molar-refractivity contribution in [3.63, 3.8) is 0 Å². The fourth-order valence-electron chi connectivity index (χ4n) is 3.33. The molecule has 0 fully saturated rings. The Hall–Kier alpha value is -3.74. The summed E-state index contributed by atoms with van der Waals surface area (Å²) in [6.45, 7) is 1.89. The zero-order valence-electron chi connectivity index (χ0n) is 15.8. The van der Waals surface area contributed by atoms with E-state index in [1.807, 2.05) is 31.2 Å². The number of rotatable bonds is 6. The van der Waals surface area contributed by atoms with Gasteiger partial charge in [-0.05, 0) is 18.6 Å². The molecule has 0 radical (unpaired) electrons. The van der Waals surface area contributed by atoms with E-state index in [1.165, 1.54) is 4.68 Å². The molecule has 0 aliphatic carbocycles. The molecule has 0 saturated carbocycles. The Labute approximate surface area is 165 Å². The smallest absolute Gasteiger partial charge is 0.359 e. The fourth-order valence-corrected chi connectivity index (χ4v) is 3.33. The predicted octanol–water partition coefficient (Wildman–Crippen LogP) is 3.33. The Morgan fingerprint density at radius 1 is 1.03 bits per heavy atom. The molecular weight excluding hydrogens is 370 g/mol. The van der Waals surface area contributed by atoms with Crippen LogP contribution < -0.4 is 5.56 Å². The molecule has 4 rings (SSSR count). The number of nitrogens with zero attached hydrogens (tertiary/aromatic N) is 2. The number of para-hydroxylation sites is 1. The van der Waals surface area contributed by atoms with Crippen molar-refractivity contribution in [2.24, 2.45) is 0 Å². The number of aryl methyl sites for hydroxylation is 1. The SMILES string of the molecule is CCCn1nc(C(=O)OCC(=O)c2c[nH]c3ccccc23)c2ccccc2c1=O. The number of carbonyl (C=O) groups excluding carboxylic acids is 2. The first-order valence-electron chi connectivity index (χ1n) is 9.36. The summed E-state index contributed by atoms with van der Waals surface area (Å²) in [6, 6.07) is 14.2. The van der Waals surface area contributed by atoms with Crippen LogP contribution in [0.5, 0.6) is 0 Å². The molecule has 2 aromatic heterocycles. The summed E-state index contributed by atoms with van der Waals surface area (Å²) in [7, 11) is 0. The summed E-state index contributed by atoms with van der Waals surface area (Å²) in [6.07, 6.45) is 2.30. The zero-order valence-corrected chi connectivity index (χ0v) is 15.8. The number of hydrogen-bond acceptors (Lipinski definition) is 5. The zero-order chi connectivity index (χ0) is 20.4. The average Bonchev–Trinajstić information content (AvgIpc) is 3.18. The molecule has 0 unspecified atom stereocenters. The van der Waals surface area contributed by atoms with Crippen molar-refractivity contribution in [1.29, 1.82) is 0 Å². The standard InChI is InChI=1S/C22H19N3O4/c1-2-11-25-21(27)16-9-4-3-8-15(16)20(24-25)22(28)29-13-19(26)17-12-23-18-10-6-5-7-14(17)18/h3-10,12,23H,2,11,13H2,1H3. The van der Waals surface area contributed by atoms with Gasteiger partial charge in [-0.15, -0.1) is 0 Å². The lowest BCUT2D eigenvalue weighted by atomic mass is 10.1. The van der Waals surface area contributed by atoms with E-state index in [2.05, 4.69) is 10.1 Å². The number of aromatic amines is 1. The van der Waals surface area contributed by atoms with Crippen molar-refractivity contribution in [2.45, 2.75) is 19.9 Å². The number of benzene rings is 2. The van der Waals surface area contributed by atoms with Crippen LogP contribution in [0.4, 0.5) is 0 Å². The van der Waals surface area contributed by atoms with E-state index in [1.54, 1.807) is 30.5 Å². The quantitative estimate of drug-likeness (QED) is 0.403. The Morgan fingerprint density at radius 2 is 1.72 bits per heavy atom. The third-order valence-electron chi connectivity index (χ3n) is 4.72. The molecule has 1 N–H and O–H groups in total. The van der Waals surface area contributed by atoms with Gasteiger partial charge in [0, 0.05) is 34.6 Å². The third kappa shape index (κ3) is 3.42. The van der Waals surface area contributed by atoms with E-state index < -0.39 is 12.6 Å². The van der Waals surface area contributed by atoms with Gasteiger partial charge in [0.25, 0.3) is 5.56 Å². The number of ether oxygens (including phenoxy) is 1. The summed E-state index contributed by atoms with van der Waals surface area (Å²) in [5.41, 5.74) is 1.07. The minimum atomic E-state index is -0.737. The van der Waals surface area contributed by atoms with Crippen molar-refractivity contribution >= 4 is 33.4 Å². The third-order valence-corrected chi connectivity index (χ3v) is 4.72. The molecule has 0 saturated heterocycles. The van der Waals surface area contributed by atoms with E-state index >= 15 is 0 Å². The van der Waals surface area contributed by atoms with Crippen LogP contribution in [0.2, 0.25) is 0 Å². The van der Waals surface area contributed by atoms with Gasteiger partial charge >= 0.3 is 5.97 Å². The monoisotopic (exact) mass is 389 g/mol. The molecular formula is C22H19N3O4. The second-order valence-corrected chi connectivity index (χ2v) is 6.67. The summed E-state index contributed by atoms with van der Waals surface area (Å²) in [5, 5.41) is 5.77. The Balaban J connectivity index is 1.61. The topological polar surface area (TPSA) is 94.1 Å². The second-order valence-electron chi connectivity index (χ2n) is 6.67. The minimum absolute atomic E-state index is 0.0281. The van der Waals surface area contributed by atoms with Crippen LogP contribution in [-0.2, 0) is 11.3 Å². The van der Waals surface area contributed by atoms with Crippen LogP contribution in [0, 0.1) is 0 Å². The molecule has 0 spiro atoms. The number of nitrogens with one attached hydrogen (secondary N) is 1. The van der Waals surface area contributed by atoms with Gasteiger partial charge < -0.3 is 9.72 Å². The van der Waals surface area contributed by atoms with E-state index in [4.69, 9.17) is 4.74 Å². The van der Waals surface area contributed by atoms with E-state index in [-0.39, 0.29) is 17.0 Å². The molecule has 7 nitrogen and oxygen atoms in total. The first kappa shape index (κ1) is 18.6. The molecule has 0 aliphatic rings. The van der Waals surface area contributed by atoms with Crippen molar-refractivity contribution < 1.29 is 14.3 Å². The van der Waals surface area contributed by atoms with Gasteiger partial charge in [0.05, 0.1) is 5.39 Å². The van der Waals surface area contributed by atoms with Gasteiger partial charge in [0.2, 0.25) is 5.78 Å². The van der Waals surface area contributed by atoms with Gasteiger partial charge in [-0.1, -0.05) is 43.3 Å². The minimum Gasteiger partial charge on any atom is -0.452 e. The Bertz CT molecular complexity index is 1290. The van der Waals surface area contributed by atoms with Crippen molar-refractivity contribution in [3.05, 3.63) is 76.3 Å². The average molecular weight is 389 g/mol. The fraction of sp³-hybridized carbons (Fsp3) is 0.182. The number of aromatic nitrogens is 3. The first-order valence-corrected chi connectivity index (χ1v) is 9.36. The molecule has 0 amide bonds. The number of hydrogen-bond donors (Lipinski definition) is 1. The van der Waals surface area contributed by atoms with E-state index in [0.717, 1.165) is 10.9 Å². The summed E-state index contributed by atoms with van der Waals surface area (Å²) in [5.74, 6) is -1.05. The molecule has 0 bridgehead atoms. The maximum absolute atomic E-state index is 12.7. The second kappa shape index (κ2) is 7.71. The van der Waals surface area contributed by atoms with E-state index in [9.17, 15) is 14.4 Å². The molecule has 146 valence electrons. The predicted molar refractivity (Wildman–Crippen MR) is 109 cm³/mol. The highest BCUT2D eigenvalue weighted by molar-refractivity contribution is 6.09. The van der Waals surface area contributed by atoms with Crippen LogP contribution >= 0.6 is 0 Å².